The van der Waals surface area contributed by atoms with Crippen LogP contribution in [0.4, 0.5) is 13.2 Å². The second-order valence-electron chi connectivity index (χ2n) is 3.05. The van der Waals surface area contributed by atoms with Crippen molar-refractivity contribution in [3.63, 3.8) is 0 Å². The van der Waals surface area contributed by atoms with E-state index >= 15 is 0 Å². The third kappa shape index (κ3) is 2.39. The van der Waals surface area contributed by atoms with Gasteiger partial charge in [-0.2, -0.15) is 21.6 Å². The van der Waals surface area contributed by atoms with Crippen LogP contribution >= 0.6 is 0 Å². The number of hydrogen-bond donors (Lipinski definition) is 2. The fourth-order valence-electron chi connectivity index (χ4n) is 1.08. The van der Waals surface area contributed by atoms with E-state index in [4.69, 9.17) is 4.55 Å². The molecule has 0 aromatic rings. The SMILES string of the molecule is O=S(=O)(O)C1(O)C=CC=C(C(F)(F)F)C1. The van der Waals surface area contributed by atoms with Crippen LogP contribution < -0.4 is 0 Å². The van der Waals surface area contributed by atoms with Crippen LogP contribution in [-0.2, 0) is 10.1 Å². The minimum absolute atomic E-state index is 0.595. The van der Waals surface area contributed by atoms with E-state index in [0.717, 1.165) is 6.08 Å². The molecule has 1 rings (SSSR count). The molecule has 0 aliphatic heterocycles. The lowest BCUT2D eigenvalue weighted by atomic mass is 10.0. The molecule has 0 fully saturated rings. The first-order chi connectivity index (χ1) is 6.56. The monoisotopic (exact) mass is 244 g/mol. The Morgan fingerprint density at radius 1 is 1.40 bits per heavy atom. The molecule has 0 saturated carbocycles. The summed E-state index contributed by atoms with van der Waals surface area (Å²) in [5, 5.41) is 9.28. The van der Waals surface area contributed by atoms with Gasteiger partial charge in [-0.3, -0.25) is 4.55 Å². The highest BCUT2D eigenvalue weighted by Gasteiger charge is 2.46. The van der Waals surface area contributed by atoms with E-state index in [9.17, 15) is 26.7 Å². The second-order valence-corrected chi connectivity index (χ2v) is 4.70. The summed E-state index contributed by atoms with van der Waals surface area (Å²) in [4.78, 5) is -2.90. The zero-order valence-corrected chi connectivity index (χ0v) is 8.01. The first kappa shape index (κ1) is 12.2. The predicted octanol–water partition coefficient (Wildman–Crippen LogP) is 1.01. The van der Waals surface area contributed by atoms with Gasteiger partial charge in [0, 0.05) is 12.0 Å². The van der Waals surface area contributed by atoms with E-state index in [1.807, 2.05) is 0 Å². The van der Waals surface area contributed by atoms with Crippen LogP contribution in [0.5, 0.6) is 0 Å². The van der Waals surface area contributed by atoms with Crippen molar-refractivity contribution in [3.8, 4) is 0 Å². The van der Waals surface area contributed by atoms with E-state index in [-0.39, 0.29) is 0 Å². The molecule has 86 valence electrons. The Morgan fingerprint density at radius 2 is 1.93 bits per heavy atom. The van der Waals surface area contributed by atoms with Crippen LogP contribution in [0.25, 0.3) is 0 Å². The molecule has 0 radical (unpaired) electrons. The van der Waals surface area contributed by atoms with Crippen LogP contribution in [0, 0.1) is 0 Å². The van der Waals surface area contributed by atoms with Gasteiger partial charge in [0.25, 0.3) is 10.1 Å². The van der Waals surface area contributed by atoms with Crippen molar-refractivity contribution in [3.05, 3.63) is 23.8 Å². The summed E-state index contributed by atoms with van der Waals surface area (Å²) in [6.45, 7) is 0. The first-order valence-electron chi connectivity index (χ1n) is 3.71. The maximum absolute atomic E-state index is 12.2. The maximum atomic E-state index is 12.2. The molecule has 2 N–H and O–H groups in total. The molecule has 1 aliphatic carbocycles. The lowest BCUT2D eigenvalue weighted by Crippen LogP contribution is -2.39. The van der Waals surface area contributed by atoms with Gasteiger partial charge in [-0.05, 0) is 6.08 Å². The second kappa shape index (κ2) is 3.32. The number of rotatable bonds is 1. The Morgan fingerprint density at radius 3 is 2.33 bits per heavy atom. The zero-order valence-electron chi connectivity index (χ0n) is 7.19. The molecule has 0 spiro atoms. The van der Waals surface area contributed by atoms with Gasteiger partial charge in [0.15, 0.2) is 0 Å². The normalized spacial score (nSPS) is 27.7. The molecular weight excluding hydrogens is 237 g/mol. The van der Waals surface area contributed by atoms with Crippen molar-refractivity contribution in [2.45, 2.75) is 17.5 Å². The highest BCUT2D eigenvalue weighted by Crippen LogP contribution is 2.36. The molecule has 1 unspecified atom stereocenters. The van der Waals surface area contributed by atoms with Gasteiger partial charge in [-0.25, -0.2) is 0 Å². The molecule has 0 bridgehead atoms. The average Bonchev–Trinajstić information content (AvgIpc) is 2.00. The van der Waals surface area contributed by atoms with Crippen LogP contribution in [0.1, 0.15) is 6.42 Å². The van der Waals surface area contributed by atoms with Crippen LogP contribution in [0.15, 0.2) is 23.8 Å². The van der Waals surface area contributed by atoms with Crippen molar-refractivity contribution < 1.29 is 31.2 Å². The standard InChI is InChI=1S/C7H7F3O4S/c8-7(9,10)5-2-1-3-6(11,4-5)15(12,13)14/h1-3,11H,4H2,(H,12,13,14). The highest BCUT2D eigenvalue weighted by molar-refractivity contribution is 7.87. The number of halogens is 3. The zero-order chi connectivity index (χ0) is 11.9. The predicted molar refractivity (Wildman–Crippen MR) is 44.4 cm³/mol. The summed E-state index contributed by atoms with van der Waals surface area (Å²) in [5.41, 5.74) is -1.22. The van der Waals surface area contributed by atoms with Crippen LogP contribution in [-0.4, -0.2) is 29.2 Å². The van der Waals surface area contributed by atoms with E-state index in [1.54, 1.807) is 0 Å². The molecular formula is C7H7F3O4S. The fourth-order valence-corrected chi connectivity index (χ4v) is 1.67. The fraction of sp³-hybridized carbons (Fsp3) is 0.429. The van der Waals surface area contributed by atoms with Crippen LogP contribution in [0.2, 0.25) is 0 Å². The summed E-state index contributed by atoms with van der Waals surface area (Å²) in [7, 11) is -4.99. The molecule has 0 amide bonds. The Kier molecular flexibility index (Phi) is 2.71. The van der Waals surface area contributed by atoms with E-state index in [0.29, 0.717) is 12.2 Å². The molecule has 0 aromatic carbocycles. The maximum Gasteiger partial charge on any atom is 0.412 e. The van der Waals surface area contributed by atoms with Crippen molar-refractivity contribution in [2.75, 3.05) is 0 Å². The van der Waals surface area contributed by atoms with Gasteiger partial charge in [0.2, 0.25) is 4.93 Å². The highest BCUT2D eigenvalue weighted by atomic mass is 32.2. The van der Waals surface area contributed by atoms with Gasteiger partial charge in [-0.1, -0.05) is 12.2 Å². The van der Waals surface area contributed by atoms with Crippen molar-refractivity contribution >= 4 is 10.1 Å². The molecule has 1 aliphatic rings. The van der Waals surface area contributed by atoms with Gasteiger partial charge >= 0.3 is 6.18 Å². The molecule has 0 aromatic heterocycles. The number of hydrogen-bond acceptors (Lipinski definition) is 3. The number of aliphatic hydroxyl groups is 1. The summed E-state index contributed by atoms with van der Waals surface area (Å²) in [5.74, 6) is 0. The smallest absolute Gasteiger partial charge is 0.369 e. The third-order valence-corrected chi connectivity index (χ3v) is 3.08. The van der Waals surface area contributed by atoms with Crippen molar-refractivity contribution in [1.29, 1.82) is 0 Å². The molecule has 1 atom stereocenters. The van der Waals surface area contributed by atoms with Gasteiger partial charge in [-0.15, -0.1) is 0 Å². The van der Waals surface area contributed by atoms with Crippen molar-refractivity contribution in [1.82, 2.24) is 0 Å². The van der Waals surface area contributed by atoms with Crippen molar-refractivity contribution in [2.24, 2.45) is 0 Å². The summed E-state index contributed by atoms with van der Waals surface area (Å²) in [6.07, 6.45) is -3.98. The molecule has 15 heavy (non-hydrogen) atoms. The summed E-state index contributed by atoms with van der Waals surface area (Å²) >= 11 is 0. The quantitative estimate of drug-likeness (QED) is 0.675. The molecule has 4 nitrogen and oxygen atoms in total. The lowest BCUT2D eigenvalue weighted by Gasteiger charge is -2.25. The molecule has 0 heterocycles. The minimum atomic E-state index is -4.99. The van der Waals surface area contributed by atoms with E-state index in [2.05, 4.69) is 0 Å². The Hall–Kier alpha value is -0.860. The van der Waals surface area contributed by atoms with E-state index in [1.165, 1.54) is 0 Å². The van der Waals surface area contributed by atoms with Crippen LogP contribution in [0.3, 0.4) is 0 Å². The average molecular weight is 244 g/mol. The first-order valence-corrected chi connectivity index (χ1v) is 5.15. The topological polar surface area (TPSA) is 74.6 Å². The minimum Gasteiger partial charge on any atom is -0.369 e. The number of alkyl halides is 3. The Balaban J connectivity index is 3.09. The largest absolute Gasteiger partial charge is 0.412 e. The molecule has 8 heteroatoms. The lowest BCUT2D eigenvalue weighted by molar-refractivity contribution is -0.0975. The van der Waals surface area contributed by atoms with Gasteiger partial charge < -0.3 is 5.11 Å². The third-order valence-electron chi connectivity index (χ3n) is 1.91. The van der Waals surface area contributed by atoms with E-state index < -0.39 is 33.2 Å². The Labute approximate surface area is 83.5 Å². The summed E-state index contributed by atoms with van der Waals surface area (Å²) in [6, 6.07) is 0. The number of allylic oxidation sites excluding steroid dienone is 2. The van der Waals surface area contributed by atoms with Gasteiger partial charge in [0.05, 0.1) is 0 Å². The van der Waals surface area contributed by atoms with Gasteiger partial charge in [0.1, 0.15) is 0 Å². The molecule has 0 saturated heterocycles. The Bertz CT molecular complexity index is 420. The summed E-state index contributed by atoms with van der Waals surface area (Å²) < 4.78 is 66.4.